The number of hydrogen-bond donors (Lipinski definition) is 1. The number of Topliss-reactive ketones (excluding diaryl/α,β-unsaturated/α-hetero) is 1. The summed E-state index contributed by atoms with van der Waals surface area (Å²) in [6.45, 7) is 12.5. The van der Waals surface area contributed by atoms with Crippen molar-refractivity contribution in [3.05, 3.63) is 0 Å². The van der Waals surface area contributed by atoms with E-state index in [1.54, 1.807) is 0 Å². The number of rotatable bonds is 2. The van der Waals surface area contributed by atoms with Crippen LogP contribution in [0.4, 0.5) is 0 Å². The Bertz CT molecular complexity index is 261. The average molecular weight is 225 g/mol. The van der Waals surface area contributed by atoms with Crippen LogP contribution in [0.15, 0.2) is 0 Å². The smallest absolute Gasteiger partial charge is 0.158 e. The van der Waals surface area contributed by atoms with Gasteiger partial charge in [-0.15, -0.1) is 0 Å². The molecular weight excluding hydrogens is 198 g/mol. The van der Waals surface area contributed by atoms with Crippen molar-refractivity contribution in [1.82, 2.24) is 5.32 Å². The quantitative estimate of drug-likeness (QED) is 0.781. The fraction of sp³-hybridized carbons (Fsp3) is 0.929. The lowest BCUT2D eigenvalue weighted by Crippen LogP contribution is -2.60. The van der Waals surface area contributed by atoms with Crippen LogP contribution in [0.3, 0.4) is 0 Å². The van der Waals surface area contributed by atoms with Crippen molar-refractivity contribution in [3.63, 3.8) is 0 Å². The summed E-state index contributed by atoms with van der Waals surface area (Å²) in [5.41, 5.74) is -0.510. The molecule has 0 radical (unpaired) electrons. The first-order valence-corrected chi connectivity index (χ1v) is 6.41. The predicted octanol–water partition coefficient (Wildman–Crippen LogP) is 3.30. The second-order valence-electron chi connectivity index (χ2n) is 7.24. The minimum absolute atomic E-state index is 0.00521. The van der Waals surface area contributed by atoms with Crippen molar-refractivity contribution in [2.24, 2.45) is 5.41 Å². The van der Waals surface area contributed by atoms with Gasteiger partial charge < -0.3 is 5.32 Å². The molecule has 94 valence electrons. The van der Waals surface area contributed by atoms with Crippen molar-refractivity contribution in [2.75, 3.05) is 0 Å². The van der Waals surface area contributed by atoms with Gasteiger partial charge in [0.1, 0.15) is 0 Å². The zero-order chi connectivity index (χ0) is 12.6. The van der Waals surface area contributed by atoms with E-state index in [0.717, 1.165) is 12.8 Å². The van der Waals surface area contributed by atoms with E-state index >= 15 is 0 Å². The van der Waals surface area contributed by atoms with Crippen LogP contribution >= 0.6 is 0 Å². The average Bonchev–Trinajstić information content (AvgIpc) is 2.48. The topological polar surface area (TPSA) is 29.1 Å². The lowest BCUT2D eigenvalue weighted by Gasteiger charge is -2.40. The van der Waals surface area contributed by atoms with Crippen LogP contribution in [0.1, 0.15) is 67.2 Å². The van der Waals surface area contributed by atoms with Gasteiger partial charge in [0, 0.05) is 11.0 Å². The first-order valence-electron chi connectivity index (χ1n) is 6.41. The molecule has 1 rings (SSSR count). The highest BCUT2D eigenvalue weighted by molar-refractivity contribution is 5.93. The summed E-state index contributed by atoms with van der Waals surface area (Å²) >= 11 is 0. The van der Waals surface area contributed by atoms with Gasteiger partial charge in [-0.2, -0.15) is 0 Å². The first kappa shape index (κ1) is 13.7. The highest BCUT2D eigenvalue weighted by Crippen LogP contribution is 2.37. The maximum atomic E-state index is 12.6. The van der Waals surface area contributed by atoms with E-state index < -0.39 is 0 Å². The van der Waals surface area contributed by atoms with Crippen molar-refractivity contribution in [1.29, 1.82) is 0 Å². The molecule has 0 heterocycles. The van der Waals surface area contributed by atoms with Gasteiger partial charge in [-0.3, -0.25) is 4.79 Å². The fourth-order valence-electron chi connectivity index (χ4n) is 2.82. The minimum atomic E-state index is -0.267. The fourth-order valence-corrected chi connectivity index (χ4v) is 2.82. The van der Waals surface area contributed by atoms with Gasteiger partial charge >= 0.3 is 0 Å². The maximum Gasteiger partial charge on any atom is 0.158 e. The minimum Gasteiger partial charge on any atom is -0.300 e. The van der Waals surface area contributed by atoms with E-state index in [9.17, 15) is 4.79 Å². The summed E-state index contributed by atoms with van der Waals surface area (Å²) in [4.78, 5) is 12.6. The molecule has 1 aliphatic rings. The van der Waals surface area contributed by atoms with Gasteiger partial charge in [0.2, 0.25) is 0 Å². The lowest BCUT2D eigenvalue weighted by atomic mass is 9.76. The molecule has 0 saturated heterocycles. The van der Waals surface area contributed by atoms with Crippen molar-refractivity contribution < 1.29 is 4.79 Å². The molecule has 0 aromatic heterocycles. The van der Waals surface area contributed by atoms with Gasteiger partial charge in [-0.25, -0.2) is 0 Å². The van der Waals surface area contributed by atoms with Crippen molar-refractivity contribution in [3.8, 4) is 0 Å². The molecule has 0 spiro atoms. The summed E-state index contributed by atoms with van der Waals surface area (Å²) < 4.78 is 0. The second-order valence-corrected chi connectivity index (χ2v) is 7.24. The Balaban J connectivity index is 2.94. The SMILES string of the molecule is CC(C)(C)NC1(C(=O)C(C)(C)C)CCCC1. The Kier molecular flexibility index (Phi) is 3.54. The molecule has 0 amide bonds. The molecule has 16 heavy (non-hydrogen) atoms. The second kappa shape index (κ2) is 4.14. The normalized spacial score (nSPS) is 21.1. The molecule has 1 N–H and O–H groups in total. The highest BCUT2D eigenvalue weighted by Gasteiger charge is 2.46. The maximum absolute atomic E-state index is 12.6. The van der Waals surface area contributed by atoms with Crippen LogP contribution in [0.2, 0.25) is 0 Å². The molecular formula is C14H27NO. The van der Waals surface area contributed by atoms with E-state index in [4.69, 9.17) is 0 Å². The Morgan fingerprint density at radius 3 is 1.75 bits per heavy atom. The van der Waals surface area contributed by atoms with Crippen molar-refractivity contribution >= 4 is 5.78 Å². The van der Waals surface area contributed by atoms with Gasteiger partial charge in [0.05, 0.1) is 5.54 Å². The third-order valence-corrected chi connectivity index (χ3v) is 3.19. The summed E-state index contributed by atoms with van der Waals surface area (Å²) in [5, 5.41) is 3.59. The van der Waals surface area contributed by atoms with Crippen LogP contribution in [0.5, 0.6) is 0 Å². The van der Waals surface area contributed by atoms with E-state index in [1.165, 1.54) is 12.8 Å². The van der Waals surface area contributed by atoms with Crippen LogP contribution in [0.25, 0.3) is 0 Å². The largest absolute Gasteiger partial charge is 0.300 e. The number of carbonyl (C=O) groups excluding carboxylic acids is 1. The monoisotopic (exact) mass is 225 g/mol. The molecule has 0 atom stereocenters. The van der Waals surface area contributed by atoms with Gasteiger partial charge in [0.15, 0.2) is 5.78 Å². The lowest BCUT2D eigenvalue weighted by molar-refractivity contribution is -0.133. The molecule has 2 heteroatoms. The Morgan fingerprint density at radius 2 is 1.44 bits per heavy atom. The Morgan fingerprint density at radius 1 is 1.00 bits per heavy atom. The van der Waals surface area contributed by atoms with Crippen LogP contribution in [-0.2, 0) is 4.79 Å². The molecule has 0 aliphatic heterocycles. The van der Waals surface area contributed by atoms with Crippen LogP contribution in [-0.4, -0.2) is 16.9 Å². The van der Waals surface area contributed by atoms with Gasteiger partial charge in [-0.1, -0.05) is 33.6 Å². The Hall–Kier alpha value is -0.370. The number of ketones is 1. The molecule has 0 unspecified atom stereocenters. The number of carbonyl (C=O) groups is 1. The molecule has 1 aliphatic carbocycles. The standard InChI is InChI=1S/C14H27NO/c1-12(2,3)11(16)14(9-7-8-10-14)15-13(4,5)6/h15H,7-10H2,1-6H3. The first-order chi connectivity index (χ1) is 7.07. The molecule has 0 aromatic carbocycles. The van der Waals surface area contributed by atoms with Crippen LogP contribution < -0.4 is 5.32 Å². The summed E-state index contributed by atoms with van der Waals surface area (Å²) in [6, 6.07) is 0. The zero-order valence-corrected chi connectivity index (χ0v) is 11.7. The Labute approximate surface area is 100 Å². The van der Waals surface area contributed by atoms with E-state index in [1.807, 2.05) is 20.8 Å². The summed E-state index contributed by atoms with van der Waals surface area (Å²) in [6.07, 6.45) is 4.34. The number of hydrogen-bond acceptors (Lipinski definition) is 2. The number of nitrogens with one attached hydrogen (secondary N) is 1. The molecule has 1 saturated carbocycles. The van der Waals surface area contributed by atoms with Crippen molar-refractivity contribution in [2.45, 2.75) is 78.3 Å². The summed E-state index contributed by atoms with van der Waals surface area (Å²) in [5.74, 6) is 0.382. The third-order valence-electron chi connectivity index (χ3n) is 3.19. The van der Waals surface area contributed by atoms with E-state index in [2.05, 4.69) is 26.1 Å². The molecule has 0 bridgehead atoms. The predicted molar refractivity (Wildman–Crippen MR) is 68.5 cm³/mol. The summed E-state index contributed by atoms with van der Waals surface area (Å²) in [7, 11) is 0. The molecule has 0 aromatic rings. The highest BCUT2D eigenvalue weighted by atomic mass is 16.1. The van der Waals surface area contributed by atoms with Crippen LogP contribution in [0, 0.1) is 5.41 Å². The molecule has 2 nitrogen and oxygen atoms in total. The van der Waals surface area contributed by atoms with E-state index in [-0.39, 0.29) is 16.5 Å². The molecule has 1 fully saturated rings. The van der Waals surface area contributed by atoms with Gasteiger partial charge in [-0.05, 0) is 33.6 Å². The van der Waals surface area contributed by atoms with E-state index in [0.29, 0.717) is 5.78 Å². The van der Waals surface area contributed by atoms with Gasteiger partial charge in [0.25, 0.3) is 0 Å². The third kappa shape index (κ3) is 3.07. The zero-order valence-electron chi connectivity index (χ0n) is 11.7.